The highest BCUT2D eigenvalue weighted by Gasteiger charge is 2.31. The molecule has 5 aromatic rings. The van der Waals surface area contributed by atoms with E-state index in [2.05, 4.69) is 16.0 Å². The van der Waals surface area contributed by atoms with E-state index in [1.807, 2.05) is 92.4 Å². The number of hydrogen-bond donors (Lipinski definition) is 1. The summed E-state index contributed by atoms with van der Waals surface area (Å²) in [6.07, 6.45) is 2.68. The first-order chi connectivity index (χ1) is 24.0. The van der Waals surface area contributed by atoms with Gasteiger partial charge in [0.05, 0.1) is 27.8 Å². The van der Waals surface area contributed by atoms with E-state index >= 15 is 0 Å². The van der Waals surface area contributed by atoms with Crippen LogP contribution < -0.4 is 11.0 Å². The van der Waals surface area contributed by atoms with E-state index in [4.69, 9.17) is 14.5 Å². The fourth-order valence-electron chi connectivity index (χ4n) is 7.02. The third-order valence-electron chi connectivity index (χ3n) is 9.33. The molecule has 6 rings (SSSR count). The van der Waals surface area contributed by atoms with Crippen LogP contribution in [0.5, 0.6) is 0 Å². The molecule has 0 aliphatic carbocycles. The Morgan fingerprint density at radius 2 is 1.68 bits per heavy atom. The summed E-state index contributed by atoms with van der Waals surface area (Å²) in [5.74, 6) is 1.09. The predicted molar refractivity (Wildman–Crippen MR) is 195 cm³/mol. The Morgan fingerprint density at radius 1 is 0.980 bits per heavy atom. The first kappa shape index (κ1) is 34.9. The standard InChI is InChI=1S/C39H48N6O5/c1-39(2,3)50-37(47)40-29(24-27-17-19-30(20-18-27)45-34-16-9-8-15-33(34)42(4)38(45)48)25-35(46)43-21-10-12-28(26-43)36-41-31-13-6-7-14-32(31)44(36)22-11-23-49-5/h6-9,13-20,28-29H,10-12,21-26H2,1-5H3,(H,40,47). The van der Waals surface area contributed by atoms with Crippen LogP contribution in [0.2, 0.25) is 0 Å². The van der Waals surface area contributed by atoms with Gasteiger partial charge < -0.3 is 24.3 Å². The van der Waals surface area contributed by atoms with Gasteiger partial charge in [0, 0.05) is 58.8 Å². The van der Waals surface area contributed by atoms with Gasteiger partial charge >= 0.3 is 11.8 Å². The van der Waals surface area contributed by atoms with Gasteiger partial charge in [-0.1, -0.05) is 36.4 Å². The Labute approximate surface area is 292 Å². The van der Waals surface area contributed by atoms with Crippen molar-refractivity contribution in [1.82, 2.24) is 28.9 Å². The van der Waals surface area contributed by atoms with Crippen LogP contribution in [-0.4, -0.2) is 74.0 Å². The molecule has 2 atom stereocenters. The Hall–Kier alpha value is -4.90. The molecule has 11 nitrogen and oxygen atoms in total. The van der Waals surface area contributed by atoms with Crippen molar-refractivity contribution in [3.8, 4) is 5.69 Å². The summed E-state index contributed by atoms with van der Waals surface area (Å²) >= 11 is 0. The molecule has 50 heavy (non-hydrogen) atoms. The summed E-state index contributed by atoms with van der Waals surface area (Å²) in [7, 11) is 3.48. The van der Waals surface area contributed by atoms with Crippen LogP contribution in [0, 0.1) is 0 Å². The Morgan fingerprint density at radius 3 is 2.40 bits per heavy atom. The number of benzene rings is 3. The number of amides is 2. The zero-order valence-corrected chi connectivity index (χ0v) is 29.7. The molecule has 1 saturated heterocycles. The highest BCUT2D eigenvalue weighted by Crippen LogP contribution is 2.30. The molecule has 1 fully saturated rings. The molecule has 11 heteroatoms. The highest BCUT2D eigenvalue weighted by molar-refractivity contribution is 5.79. The van der Waals surface area contributed by atoms with Gasteiger partial charge in [0.15, 0.2) is 0 Å². The van der Waals surface area contributed by atoms with Crippen LogP contribution >= 0.6 is 0 Å². The SMILES string of the molecule is COCCCn1c(C2CCCN(C(=O)CC(Cc3ccc(-n4c(=O)n(C)c5ccccc54)cc3)NC(=O)OC(C)(C)C)C2)nc2ccccc21. The molecule has 0 bridgehead atoms. The van der Waals surface area contributed by atoms with Crippen LogP contribution in [-0.2, 0) is 34.3 Å². The van der Waals surface area contributed by atoms with Crippen molar-refractivity contribution < 1.29 is 19.1 Å². The molecule has 2 aromatic heterocycles. The molecule has 1 aliphatic heterocycles. The van der Waals surface area contributed by atoms with Crippen molar-refractivity contribution >= 4 is 34.1 Å². The Balaban J connectivity index is 1.20. The number of methoxy groups -OCH3 is 1. The lowest BCUT2D eigenvalue weighted by atomic mass is 9.95. The highest BCUT2D eigenvalue weighted by atomic mass is 16.6. The monoisotopic (exact) mass is 680 g/mol. The maximum Gasteiger partial charge on any atom is 0.407 e. The number of carbonyl (C=O) groups is 2. The predicted octanol–water partition coefficient (Wildman–Crippen LogP) is 5.95. The van der Waals surface area contributed by atoms with Gasteiger partial charge in [0.25, 0.3) is 0 Å². The molecule has 3 heterocycles. The molecule has 0 spiro atoms. The zero-order chi connectivity index (χ0) is 35.4. The van der Waals surface area contributed by atoms with Crippen LogP contribution in [0.3, 0.4) is 0 Å². The zero-order valence-electron chi connectivity index (χ0n) is 29.7. The van der Waals surface area contributed by atoms with Gasteiger partial charge in [-0.25, -0.2) is 14.6 Å². The summed E-state index contributed by atoms with van der Waals surface area (Å²) in [5.41, 5.74) is 4.60. The summed E-state index contributed by atoms with van der Waals surface area (Å²) in [6, 6.07) is 23.1. The Kier molecular flexibility index (Phi) is 10.4. The lowest BCUT2D eigenvalue weighted by Gasteiger charge is -2.34. The lowest BCUT2D eigenvalue weighted by Crippen LogP contribution is -2.46. The maximum atomic E-state index is 14.0. The van der Waals surface area contributed by atoms with Gasteiger partial charge in [0.2, 0.25) is 5.91 Å². The molecular formula is C39H48N6O5. The third-order valence-corrected chi connectivity index (χ3v) is 9.33. The topological polar surface area (TPSA) is 113 Å². The number of imidazole rings is 2. The van der Waals surface area contributed by atoms with E-state index in [9.17, 15) is 14.4 Å². The molecule has 0 saturated carbocycles. The van der Waals surface area contributed by atoms with Gasteiger partial charge in [-0.15, -0.1) is 0 Å². The number of fused-ring (bicyclic) bond motifs is 2. The number of nitrogens with zero attached hydrogens (tertiary/aromatic N) is 5. The average Bonchev–Trinajstić information content (AvgIpc) is 3.58. The summed E-state index contributed by atoms with van der Waals surface area (Å²) in [6.45, 7) is 8.14. The molecule has 0 radical (unpaired) electrons. The van der Waals surface area contributed by atoms with Crippen molar-refractivity contribution in [2.45, 2.75) is 77.0 Å². The largest absolute Gasteiger partial charge is 0.444 e. The summed E-state index contributed by atoms with van der Waals surface area (Å²) in [4.78, 5) is 47.0. The Bertz CT molecular complexity index is 2020. The van der Waals surface area contributed by atoms with Gasteiger partial charge in [0.1, 0.15) is 11.4 Å². The third kappa shape index (κ3) is 7.78. The minimum absolute atomic E-state index is 0.0169. The molecule has 264 valence electrons. The van der Waals surface area contributed by atoms with E-state index in [1.54, 1.807) is 23.3 Å². The fraction of sp³-hybridized carbons (Fsp3) is 0.436. The number of carbonyl (C=O) groups excluding carboxylic acids is 2. The average molecular weight is 681 g/mol. The van der Waals surface area contributed by atoms with Gasteiger partial charge in [-0.2, -0.15) is 0 Å². The second kappa shape index (κ2) is 14.9. The number of nitrogens with one attached hydrogen (secondary N) is 1. The van der Waals surface area contributed by atoms with E-state index in [-0.39, 0.29) is 23.9 Å². The van der Waals surface area contributed by atoms with Crippen LogP contribution in [0.15, 0.2) is 77.6 Å². The number of para-hydroxylation sites is 4. The molecule has 3 aromatic carbocycles. The van der Waals surface area contributed by atoms with E-state index in [0.717, 1.165) is 64.9 Å². The number of ether oxygens (including phenoxy) is 2. The van der Waals surface area contributed by atoms with Gasteiger partial charge in [-0.3, -0.25) is 13.9 Å². The quantitative estimate of drug-likeness (QED) is 0.173. The van der Waals surface area contributed by atoms with Crippen molar-refractivity contribution in [2.75, 3.05) is 26.8 Å². The van der Waals surface area contributed by atoms with Crippen molar-refractivity contribution in [3.63, 3.8) is 0 Å². The van der Waals surface area contributed by atoms with E-state index in [1.165, 1.54) is 0 Å². The number of aryl methyl sites for hydroxylation is 2. The molecule has 1 aliphatic rings. The second-order valence-corrected chi connectivity index (χ2v) is 14.2. The van der Waals surface area contributed by atoms with Crippen molar-refractivity contribution in [3.05, 3.63) is 94.7 Å². The molecule has 2 amide bonds. The fourth-order valence-corrected chi connectivity index (χ4v) is 7.02. The molecular weight excluding hydrogens is 632 g/mol. The van der Waals surface area contributed by atoms with E-state index in [0.29, 0.717) is 26.1 Å². The lowest BCUT2D eigenvalue weighted by molar-refractivity contribution is -0.133. The number of hydrogen-bond acceptors (Lipinski definition) is 6. The maximum absolute atomic E-state index is 14.0. The van der Waals surface area contributed by atoms with Crippen LogP contribution in [0.1, 0.15) is 63.8 Å². The van der Waals surface area contributed by atoms with Gasteiger partial charge in [-0.05, 0) is 88.4 Å². The first-order valence-corrected chi connectivity index (χ1v) is 17.5. The van der Waals surface area contributed by atoms with Crippen LogP contribution in [0.4, 0.5) is 4.79 Å². The number of rotatable bonds is 11. The number of likely N-dealkylation sites (tertiary alicyclic amines) is 1. The number of alkyl carbamates (subject to hydrolysis) is 1. The van der Waals surface area contributed by atoms with Crippen LogP contribution in [0.25, 0.3) is 27.8 Å². The molecule has 1 N–H and O–H groups in total. The summed E-state index contributed by atoms with van der Waals surface area (Å²) < 4.78 is 16.5. The second-order valence-electron chi connectivity index (χ2n) is 14.2. The number of piperidine rings is 1. The van der Waals surface area contributed by atoms with Crippen molar-refractivity contribution in [1.29, 1.82) is 0 Å². The normalized spacial score (nSPS) is 15.8. The number of aromatic nitrogens is 4. The van der Waals surface area contributed by atoms with E-state index < -0.39 is 17.7 Å². The smallest absolute Gasteiger partial charge is 0.407 e. The minimum atomic E-state index is -0.680. The molecule has 2 unspecified atom stereocenters. The van der Waals surface area contributed by atoms with Crippen molar-refractivity contribution in [2.24, 2.45) is 7.05 Å². The summed E-state index contributed by atoms with van der Waals surface area (Å²) in [5, 5.41) is 2.98. The minimum Gasteiger partial charge on any atom is -0.444 e. The first-order valence-electron chi connectivity index (χ1n) is 17.5.